The molecular formula is C12H24N2O. The van der Waals surface area contributed by atoms with Crippen LogP contribution in [0.25, 0.3) is 0 Å². The molecule has 0 fully saturated rings. The summed E-state index contributed by atoms with van der Waals surface area (Å²) in [6, 6.07) is 0.0851. The Morgan fingerprint density at radius 2 is 2.00 bits per heavy atom. The van der Waals surface area contributed by atoms with Crippen molar-refractivity contribution in [1.82, 2.24) is 0 Å². The van der Waals surface area contributed by atoms with Crippen molar-refractivity contribution in [2.24, 2.45) is 17.4 Å². The molecule has 3 nitrogen and oxygen atoms in total. The molecule has 4 N–H and O–H groups in total. The molecule has 0 bridgehead atoms. The van der Waals surface area contributed by atoms with Crippen LogP contribution in [0, 0.1) is 5.92 Å². The number of ether oxygens (including phenoxy) is 1. The molecule has 0 saturated carbocycles. The van der Waals surface area contributed by atoms with Crippen molar-refractivity contribution in [1.29, 1.82) is 0 Å². The van der Waals surface area contributed by atoms with Gasteiger partial charge in [0.2, 0.25) is 0 Å². The molecule has 0 aromatic heterocycles. The van der Waals surface area contributed by atoms with E-state index in [9.17, 15) is 0 Å². The van der Waals surface area contributed by atoms with Crippen molar-refractivity contribution >= 4 is 0 Å². The topological polar surface area (TPSA) is 61.3 Å². The lowest BCUT2D eigenvalue weighted by Gasteiger charge is -2.18. The van der Waals surface area contributed by atoms with Crippen LogP contribution in [0.2, 0.25) is 0 Å². The molecule has 15 heavy (non-hydrogen) atoms. The van der Waals surface area contributed by atoms with Gasteiger partial charge in [0.1, 0.15) is 0 Å². The molecule has 3 atom stereocenters. The lowest BCUT2D eigenvalue weighted by atomic mass is 10.0. The van der Waals surface area contributed by atoms with E-state index in [1.54, 1.807) is 0 Å². The highest BCUT2D eigenvalue weighted by Crippen LogP contribution is 2.11. The van der Waals surface area contributed by atoms with Gasteiger partial charge in [-0.25, -0.2) is 0 Å². The van der Waals surface area contributed by atoms with E-state index in [0.29, 0.717) is 19.1 Å². The number of hydrogen-bond donors (Lipinski definition) is 2. The highest BCUT2D eigenvalue weighted by atomic mass is 16.5. The summed E-state index contributed by atoms with van der Waals surface area (Å²) in [7, 11) is 0. The molecule has 0 amide bonds. The molecule has 88 valence electrons. The van der Waals surface area contributed by atoms with Crippen LogP contribution in [-0.2, 0) is 4.74 Å². The van der Waals surface area contributed by atoms with Crippen LogP contribution in [0.15, 0.2) is 24.8 Å². The van der Waals surface area contributed by atoms with Gasteiger partial charge in [-0.3, -0.25) is 0 Å². The van der Waals surface area contributed by atoms with Crippen LogP contribution < -0.4 is 11.5 Å². The lowest BCUT2D eigenvalue weighted by molar-refractivity contribution is 0.0623. The molecule has 3 heteroatoms. The lowest BCUT2D eigenvalue weighted by Crippen LogP contribution is -2.20. The van der Waals surface area contributed by atoms with E-state index in [1.807, 2.05) is 19.1 Å². The van der Waals surface area contributed by atoms with Crippen LogP contribution in [0.4, 0.5) is 0 Å². The molecule has 0 aliphatic heterocycles. The van der Waals surface area contributed by atoms with Gasteiger partial charge in [-0.15, -0.1) is 6.58 Å². The van der Waals surface area contributed by atoms with Gasteiger partial charge < -0.3 is 16.2 Å². The number of nitrogens with two attached hydrogens (primary N) is 2. The van der Waals surface area contributed by atoms with Crippen molar-refractivity contribution in [3.8, 4) is 0 Å². The van der Waals surface area contributed by atoms with E-state index >= 15 is 0 Å². The van der Waals surface area contributed by atoms with Crippen molar-refractivity contribution < 1.29 is 4.74 Å². The van der Waals surface area contributed by atoms with Crippen LogP contribution in [-0.4, -0.2) is 25.3 Å². The van der Waals surface area contributed by atoms with Crippen LogP contribution in [0.3, 0.4) is 0 Å². The van der Waals surface area contributed by atoms with Crippen molar-refractivity contribution in [2.75, 3.05) is 13.2 Å². The summed E-state index contributed by atoms with van der Waals surface area (Å²) in [6.45, 7) is 9.15. The summed E-state index contributed by atoms with van der Waals surface area (Å²) in [4.78, 5) is 0. The maximum absolute atomic E-state index is 5.64. The Hall–Kier alpha value is -0.640. The Bertz CT molecular complexity index is 190. The van der Waals surface area contributed by atoms with Gasteiger partial charge >= 0.3 is 0 Å². The predicted molar refractivity (Wildman–Crippen MR) is 65.6 cm³/mol. The minimum absolute atomic E-state index is 0.0477. The molecule has 0 aliphatic carbocycles. The minimum Gasteiger partial charge on any atom is -0.374 e. The third-order valence-corrected chi connectivity index (χ3v) is 2.13. The standard InChI is InChI=1S/C12H24N2O/c1-4-12(15-9-5-8-13)10(2)6-7-11(3)14/h4,6-7,10-12H,1,5,8-9,13-14H2,2-3H3/b7-6+. The van der Waals surface area contributed by atoms with Crippen LogP contribution in [0.1, 0.15) is 20.3 Å². The Labute approximate surface area is 93.2 Å². The SMILES string of the molecule is C=CC(OCCCN)C(C)/C=C/C(C)N. The fourth-order valence-corrected chi connectivity index (χ4v) is 1.20. The predicted octanol–water partition coefficient (Wildman–Crippen LogP) is 1.45. The zero-order valence-corrected chi connectivity index (χ0v) is 9.86. The zero-order valence-electron chi connectivity index (χ0n) is 9.86. The number of rotatable bonds is 8. The number of hydrogen-bond acceptors (Lipinski definition) is 3. The molecular weight excluding hydrogens is 188 g/mol. The summed E-state index contributed by atoms with van der Waals surface area (Å²) in [5.41, 5.74) is 11.0. The molecule has 0 aliphatic rings. The average molecular weight is 212 g/mol. The fraction of sp³-hybridized carbons (Fsp3) is 0.667. The first kappa shape index (κ1) is 14.4. The third kappa shape index (κ3) is 7.31. The van der Waals surface area contributed by atoms with Crippen molar-refractivity contribution in [3.63, 3.8) is 0 Å². The van der Waals surface area contributed by atoms with E-state index in [0.717, 1.165) is 6.42 Å². The van der Waals surface area contributed by atoms with Crippen molar-refractivity contribution in [2.45, 2.75) is 32.4 Å². The second kappa shape index (κ2) is 8.65. The Balaban J connectivity index is 3.98. The fourth-order valence-electron chi connectivity index (χ4n) is 1.20. The molecule has 0 aromatic rings. The first-order chi connectivity index (χ1) is 7.11. The Morgan fingerprint density at radius 1 is 1.33 bits per heavy atom. The van der Waals surface area contributed by atoms with Gasteiger partial charge in [0, 0.05) is 18.6 Å². The van der Waals surface area contributed by atoms with Crippen LogP contribution in [0.5, 0.6) is 0 Å². The van der Waals surface area contributed by atoms with E-state index in [4.69, 9.17) is 16.2 Å². The van der Waals surface area contributed by atoms with Gasteiger partial charge in [-0.1, -0.05) is 25.2 Å². The third-order valence-electron chi connectivity index (χ3n) is 2.13. The molecule has 0 radical (unpaired) electrons. The maximum Gasteiger partial charge on any atom is 0.0813 e. The molecule has 0 heterocycles. The first-order valence-corrected chi connectivity index (χ1v) is 5.50. The monoisotopic (exact) mass is 212 g/mol. The first-order valence-electron chi connectivity index (χ1n) is 5.50. The van der Waals surface area contributed by atoms with Gasteiger partial charge in [-0.2, -0.15) is 0 Å². The highest BCUT2D eigenvalue weighted by Gasteiger charge is 2.10. The van der Waals surface area contributed by atoms with E-state index in [1.165, 1.54) is 0 Å². The van der Waals surface area contributed by atoms with Gasteiger partial charge in [0.05, 0.1) is 6.10 Å². The van der Waals surface area contributed by atoms with E-state index in [-0.39, 0.29) is 12.1 Å². The van der Waals surface area contributed by atoms with E-state index in [2.05, 4.69) is 19.6 Å². The molecule has 0 saturated heterocycles. The summed E-state index contributed by atoms with van der Waals surface area (Å²) < 4.78 is 5.64. The van der Waals surface area contributed by atoms with E-state index < -0.39 is 0 Å². The average Bonchev–Trinajstić information content (AvgIpc) is 2.21. The molecule has 0 spiro atoms. The van der Waals surface area contributed by atoms with Gasteiger partial charge in [0.15, 0.2) is 0 Å². The normalized spacial score (nSPS) is 17.6. The summed E-state index contributed by atoms with van der Waals surface area (Å²) in [5.74, 6) is 0.297. The second-order valence-corrected chi connectivity index (χ2v) is 3.82. The highest BCUT2D eigenvalue weighted by molar-refractivity contribution is 4.99. The zero-order chi connectivity index (χ0) is 11.7. The molecule has 0 rings (SSSR count). The quantitative estimate of drug-likeness (QED) is 0.473. The Kier molecular flexibility index (Phi) is 8.28. The molecule has 3 unspecified atom stereocenters. The van der Waals surface area contributed by atoms with Crippen molar-refractivity contribution in [3.05, 3.63) is 24.8 Å². The summed E-state index contributed by atoms with van der Waals surface area (Å²) in [6.07, 6.45) is 6.81. The summed E-state index contributed by atoms with van der Waals surface area (Å²) in [5, 5.41) is 0. The maximum atomic E-state index is 5.64. The van der Waals surface area contributed by atoms with Crippen LogP contribution >= 0.6 is 0 Å². The largest absolute Gasteiger partial charge is 0.374 e. The van der Waals surface area contributed by atoms with Gasteiger partial charge in [-0.05, 0) is 19.9 Å². The second-order valence-electron chi connectivity index (χ2n) is 3.82. The molecule has 0 aromatic carbocycles. The van der Waals surface area contributed by atoms with Gasteiger partial charge in [0.25, 0.3) is 0 Å². The summed E-state index contributed by atoms with van der Waals surface area (Å²) >= 11 is 0. The minimum atomic E-state index is 0.0477. The smallest absolute Gasteiger partial charge is 0.0813 e. The Morgan fingerprint density at radius 3 is 2.47 bits per heavy atom.